The Morgan fingerprint density at radius 3 is 2.19 bits per heavy atom. The molecule has 1 aliphatic carbocycles. The molecule has 0 aliphatic heterocycles. The number of nitrogens with one attached hydrogen (secondary N) is 3. The number of hydrogen-bond donors (Lipinski definition) is 4. The molecule has 0 saturated heterocycles. The summed E-state index contributed by atoms with van der Waals surface area (Å²) in [5, 5.41) is 17.0. The van der Waals surface area contributed by atoms with Crippen LogP contribution in [0.25, 0.3) is 11.1 Å². The van der Waals surface area contributed by atoms with Gasteiger partial charge in [0.1, 0.15) is 19.3 Å². The molecule has 4 N–H and O–H groups in total. The lowest BCUT2D eigenvalue weighted by Crippen LogP contribution is -2.47. The molecule has 11 heteroatoms. The lowest BCUT2D eigenvalue weighted by atomic mass is 9.97. The quantitative estimate of drug-likeness (QED) is 0.0879. The zero-order valence-corrected chi connectivity index (χ0v) is 28.0. The first-order valence-corrected chi connectivity index (χ1v) is 16.5. The summed E-state index contributed by atoms with van der Waals surface area (Å²) in [6.45, 7) is 11.7. The van der Waals surface area contributed by atoms with Crippen molar-refractivity contribution in [3.8, 4) is 11.1 Å². The average molecular weight is 664 g/mol. The molecule has 0 unspecified atom stereocenters. The van der Waals surface area contributed by atoms with Crippen molar-refractivity contribution in [2.24, 2.45) is 11.8 Å². The summed E-state index contributed by atoms with van der Waals surface area (Å²) in [6, 6.07) is 14.5. The van der Waals surface area contributed by atoms with Crippen LogP contribution >= 0.6 is 0 Å². The smallest absolute Gasteiger partial charge is 0.407 e. The van der Waals surface area contributed by atoms with Gasteiger partial charge < -0.3 is 35.3 Å². The topological polar surface area (TPSA) is 152 Å². The van der Waals surface area contributed by atoms with E-state index in [4.69, 9.17) is 19.3 Å². The number of rotatable bonds is 21. The predicted molar refractivity (Wildman–Crippen MR) is 183 cm³/mol. The summed E-state index contributed by atoms with van der Waals surface area (Å²) in [6.07, 6.45) is 3.41. The van der Waals surface area contributed by atoms with Gasteiger partial charge in [0.2, 0.25) is 11.8 Å². The van der Waals surface area contributed by atoms with Gasteiger partial charge >= 0.3 is 12.1 Å². The van der Waals surface area contributed by atoms with E-state index in [2.05, 4.69) is 41.2 Å². The number of alkyl carbamates (subject to hydrolysis) is 1. The first-order chi connectivity index (χ1) is 23.2. The molecule has 2 aromatic rings. The summed E-state index contributed by atoms with van der Waals surface area (Å²) < 4.78 is 16.4. The minimum atomic E-state index is -0.985. The molecule has 0 heterocycles. The summed E-state index contributed by atoms with van der Waals surface area (Å²) in [5.41, 5.74) is 4.38. The Bertz CT molecular complexity index is 1350. The number of ether oxygens (including phenoxy) is 3. The van der Waals surface area contributed by atoms with Crippen molar-refractivity contribution in [3.63, 3.8) is 0 Å². The number of allylic oxidation sites excluding steroid dienone is 2. The monoisotopic (exact) mass is 663 g/mol. The number of aliphatic hydroxyl groups is 1. The molecule has 3 atom stereocenters. The predicted octanol–water partition coefficient (Wildman–Crippen LogP) is 4.25. The molecule has 0 radical (unpaired) electrons. The number of carbonyl (C=O) groups is 4. The fourth-order valence-electron chi connectivity index (χ4n) is 5.50. The zero-order chi connectivity index (χ0) is 34.9. The van der Waals surface area contributed by atoms with E-state index in [9.17, 15) is 19.2 Å². The molecule has 260 valence electrons. The third-order valence-corrected chi connectivity index (χ3v) is 8.18. The average Bonchev–Trinajstić information content (AvgIpc) is 3.40. The van der Waals surface area contributed by atoms with Gasteiger partial charge in [-0.25, -0.2) is 9.59 Å². The number of benzene rings is 2. The van der Waals surface area contributed by atoms with Gasteiger partial charge in [0.05, 0.1) is 31.8 Å². The van der Waals surface area contributed by atoms with Gasteiger partial charge in [-0.05, 0) is 47.4 Å². The van der Waals surface area contributed by atoms with Crippen molar-refractivity contribution in [1.82, 2.24) is 16.0 Å². The van der Waals surface area contributed by atoms with E-state index in [1.807, 2.05) is 50.2 Å². The molecule has 2 aromatic carbocycles. The number of fused-ring (bicyclic) bond motifs is 3. The summed E-state index contributed by atoms with van der Waals surface area (Å²) in [4.78, 5) is 51.8. The number of aliphatic hydroxyl groups excluding tert-OH is 1. The van der Waals surface area contributed by atoms with Crippen molar-refractivity contribution in [2.45, 2.75) is 57.5 Å². The van der Waals surface area contributed by atoms with E-state index in [-0.39, 0.29) is 82.5 Å². The van der Waals surface area contributed by atoms with Crippen molar-refractivity contribution < 1.29 is 38.5 Å². The van der Waals surface area contributed by atoms with E-state index < -0.39 is 30.1 Å². The molecule has 0 aromatic heterocycles. The van der Waals surface area contributed by atoms with Crippen LogP contribution < -0.4 is 16.0 Å². The molecule has 0 saturated carbocycles. The molecule has 3 rings (SSSR count). The van der Waals surface area contributed by atoms with Crippen LogP contribution in [0.5, 0.6) is 0 Å². The van der Waals surface area contributed by atoms with E-state index in [1.54, 1.807) is 12.2 Å². The summed E-state index contributed by atoms with van der Waals surface area (Å²) in [7, 11) is 0. The Hall–Kier alpha value is -4.48. The lowest BCUT2D eigenvalue weighted by molar-refractivity contribution is -0.148. The van der Waals surface area contributed by atoms with E-state index in [0.29, 0.717) is 6.42 Å². The first kappa shape index (κ1) is 38.0. The highest BCUT2D eigenvalue weighted by Gasteiger charge is 2.31. The zero-order valence-electron chi connectivity index (χ0n) is 28.0. The van der Waals surface area contributed by atoms with Crippen LogP contribution in [0, 0.1) is 11.8 Å². The van der Waals surface area contributed by atoms with Crippen molar-refractivity contribution >= 4 is 23.9 Å². The molecular weight excluding hydrogens is 614 g/mol. The number of amides is 3. The van der Waals surface area contributed by atoms with Gasteiger partial charge in [0, 0.05) is 18.9 Å². The van der Waals surface area contributed by atoms with Gasteiger partial charge in [-0.15, -0.1) is 13.2 Å². The highest BCUT2D eigenvalue weighted by molar-refractivity contribution is 5.86. The Balaban J connectivity index is 1.55. The molecule has 3 amide bonds. The van der Waals surface area contributed by atoms with Crippen LogP contribution in [0.3, 0.4) is 0 Å². The normalized spacial score (nSPS) is 13.8. The Morgan fingerprint density at radius 1 is 0.917 bits per heavy atom. The van der Waals surface area contributed by atoms with Crippen molar-refractivity contribution in [1.29, 1.82) is 0 Å². The number of carbonyl (C=O) groups excluding carboxylic acids is 4. The van der Waals surface area contributed by atoms with Gasteiger partial charge in [0.25, 0.3) is 0 Å². The fourth-order valence-corrected chi connectivity index (χ4v) is 5.50. The molecule has 11 nitrogen and oxygen atoms in total. The van der Waals surface area contributed by atoms with Crippen LogP contribution in [-0.4, -0.2) is 80.6 Å². The van der Waals surface area contributed by atoms with E-state index in [0.717, 1.165) is 22.3 Å². The highest BCUT2D eigenvalue weighted by atomic mass is 16.6. The van der Waals surface area contributed by atoms with E-state index in [1.165, 1.54) is 0 Å². The molecule has 1 aliphatic rings. The minimum Gasteiger partial charge on any atom is -0.462 e. The van der Waals surface area contributed by atoms with Crippen molar-refractivity contribution in [3.05, 3.63) is 85.0 Å². The molecule has 0 bridgehead atoms. The van der Waals surface area contributed by atoms with Crippen LogP contribution in [-0.2, 0) is 28.6 Å². The third kappa shape index (κ3) is 11.3. The molecule has 0 spiro atoms. The molecular formula is C37H49N3O8. The van der Waals surface area contributed by atoms with Gasteiger partial charge in [-0.2, -0.15) is 0 Å². The second kappa shape index (κ2) is 20.0. The Kier molecular flexibility index (Phi) is 15.8. The molecule has 0 fully saturated rings. The largest absolute Gasteiger partial charge is 0.462 e. The minimum absolute atomic E-state index is 0.0594. The van der Waals surface area contributed by atoms with Crippen LogP contribution in [0.4, 0.5) is 4.79 Å². The van der Waals surface area contributed by atoms with Gasteiger partial charge in [-0.3, -0.25) is 9.59 Å². The van der Waals surface area contributed by atoms with E-state index >= 15 is 0 Å². The van der Waals surface area contributed by atoms with Gasteiger partial charge in [-0.1, -0.05) is 74.5 Å². The second-order valence-corrected chi connectivity index (χ2v) is 12.0. The Morgan fingerprint density at radius 2 is 1.58 bits per heavy atom. The SMILES string of the molecule is C=CCC[C@H](NC(=O)OCC1c2ccccc2-c2ccccc21)C(=O)OC[C@@H](NC(=O)[C@H](CC=C)CC(=O)NCCOCCO)C(C)C. The van der Waals surface area contributed by atoms with Crippen molar-refractivity contribution in [2.75, 3.05) is 39.6 Å². The van der Waals surface area contributed by atoms with Crippen LogP contribution in [0.1, 0.15) is 56.6 Å². The highest BCUT2D eigenvalue weighted by Crippen LogP contribution is 2.44. The lowest BCUT2D eigenvalue weighted by Gasteiger charge is -2.26. The maximum atomic E-state index is 13.2. The molecule has 48 heavy (non-hydrogen) atoms. The summed E-state index contributed by atoms with van der Waals surface area (Å²) >= 11 is 0. The van der Waals surface area contributed by atoms with Gasteiger partial charge in [0.15, 0.2) is 0 Å². The third-order valence-electron chi connectivity index (χ3n) is 8.18. The first-order valence-electron chi connectivity index (χ1n) is 16.5. The fraction of sp³-hybridized carbons (Fsp3) is 0.459. The van der Waals surface area contributed by atoms with Crippen LogP contribution in [0.15, 0.2) is 73.8 Å². The maximum Gasteiger partial charge on any atom is 0.407 e. The Labute approximate surface area is 283 Å². The maximum absolute atomic E-state index is 13.2. The standard InChI is InChI=1S/C37H49N3O8/c1-5-7-17-32(40-37(45)48-23-31-29-15-10-8-13-27(29)28-14-9-11-16-30(28)31)36(44)47-24-33(25(3)4)39-35(43)26(12-6-2)22-34(42)38-18-20-46-21-19-41/h5-6,8-11,13-16,25-26,31-33,41H,1-2,7,12,17-24H2,3-4H3,(H,38,42)(H,39,43)(H,40,45)/t26-,32+,33-/m1/s1. The second-order valence-electron chi connectivity index (χ2n) is 12.0. The number of hydrogen-bond acceptors (Lipinski definition) is 8. The summed E-state index contributed by atoms with van der Waals surface area (Å²) in [5.74, 6) is -2.24. The van der Waals surface area contributed by atoms with Crippen LogP contribution in [0.2, 0.25) is 0 Å². The number of esters is 1.